The van der Waals surface area contributed by atoms with Gasteiger partial charge in [-0.25, -0.2) is 9.38 Å². The molecule has 2 aromatic carbocycles. The minimum absolute atomic E-state index is 0.0766. The van der Waals surface area contributed by atoms with Crippen molar-refractivity contribution in [1.29, 1.82) is 0 Å². The zero-order valence-corrected chi connectivity index (χ0v) is 16.1. The number of guanidine groups is 1. The van der Waals surface area contributed by atoms with Crippen molar-refractivity contribution < 1.29 is 9.18 Å². The quantitative estimate of drug-likeness (QED) is 0.517. The summed E-state index contributed by atoms with van der Waals surface area (Å²) < 4.78 is 13.4. The molecular weight excluding hydrogens is 343 g/mol. The van der Waals surface area contributed by atoms with E-state index in [4.69, 9.17) is 0 Å². The van der Waals surface area contributed by atoms with Crippen LogP contribution in [0.2, 0.25) is 0 Å². The molecule has 5 nitrogen and oxygen atoms in total. The standard InChI is InChI=1S/C21H27FN4O/c1-4-23-21(25-14-18-7-10-20(22)15(2)13-18)24-12-11-17-5-8-19(9-6-17)26-16(3)27/h5-10,13H,4,11-12,14H2,1-3H3,(H,26,27)(H2,23,24,25). The predicted molar refractivity (Wildman–Crippen MR) is 108 cm³/mol. The van der Waals surface area contributed by atoms with Crippen molar-refractivity contribution in [3.05, 3.63) is 65.0 Å². The molecule has 2 aromatic rings. The molecule has 0 saturated heterocycles. The van der Waals surface area contributed by atoms with E-state index in [2.05, 4.69) is 20.9 Å². The van der Waals surface area contributed by atoms with Crippen molar-refractivity contribution in [2.45, 2.75) is 33.7 Å². The molecule has 0 bridgehead atoms. The fourth-order valence-corrected chi connectivity index (χ4v) is 2.60. The van der Waals surface area contributed by atoms with Crippen LogP contribution in [-0.2, 0) is 17.8 Å². The number of carbonyl (C=O) groups excluding carboxylic acids is 1. The lowest BCUT2D eigenvalue weighted by molar-refractivity contribution is -0.114. The van der Waals surface area contributed by atoms with Crippen molar-refractivity contribution >= 4 is 17.6 Å². The summed E-state index contributed by atoms with van der Waals surface area (Å²) in [7, 11) is 0. The van der Waals surface area contributed by atoms with Gasteiger partial charge in [-0.15, -0.1) is 0 Å². The van der Waals surface area contributed by atoms with E-state index >= 15 is 0 Å². The van der Waals surface area contributed by atoms with E-state index in [-0.39, 0.29) is 11.7 Å². The molecule has 0 aliphatic heterocycles. The van der Waals surface area contributed by atoms with E-state index in [1.807, 2.05) is 37.3 Å². The van der Waals surface area contributed by atoms with Crippen molar-refractivity contribution in [3.8, 4) is 0 Å². The van der Waals surface area contributed by atoms with Gasteiger partial charge in [0.15, 0.2) is 5.96 Å². The Kier molecular flexibility index (Phi) is 7.79. The number of hydrogen-bond donors (Lipinski definition) is 3. The van der Waals surface area contributed by atoms with Crippen molar-refractivity contribution in [3.63, 3.8) is 0 Å². The maximum atomic E-state index is 13.4. The lowest BCUT2D eigenvalue weighted by Gasteiger charge is -2.12. The Hall–Kier alpha value is -2.89. The minimum Gasteiger partial charge on any atom is -0.357 e. The Morgan fingerprint density at radius 1 is 1.07 bits per heavy atom. The summed E-state index contributed by atoms with van der Waals surface area (Å²) in [5.41, 5.74) is 3.56. The summed E-state index contributed by atoms with van der Waals surface area (Å²) in [4.78, 5) is 15.6. The molecular formula is C21H27FN4O. The molecule has 0 unspecified atom stereocenters. The van der Waals surface area contributed by atoms with E-state index in [9.17, 15) is 9.18 Å². The molecule has 144 valence electrons. The first-order chi connectivity index (χ1) is 13.0. The maximum Gasteiger partial charge on any atom is 0.221 e. The fourth-order valence-electron chi connectivity index (χ4n) is 2.60. The van der Waals surface area contributed by atoms with Gasteiger partial charge < -0.3 is 16.0 Å². The van der Waals surface area contributed by atoms with E-state index in [0.717, 1.165) is 36.7 Å². The topological polar surface area (TPSA) is 65.5 Å². The molecule has 6 heteroatoms. The van der Waals surface area contributed by atoms with E-state index in [1.165, 1.54) is 18.6 Å². The monoisotopic (exact) mass is 370 g/mol. The molecule has 0 atom stereocenters. The number of benzene rings is 2. The van der Waals surface area contributed by atoms with Crippen LogP contribution in [0.1, 0.15) is 30.5 Å². The number of hydrogen-bond acceptors (Lipinski definition) is 2. The van der Waals surface area contributed by atoms with Gasteiger partial charge in [-0.3, -0.25) is 4.79 Å². The lowest BCUT2D eigenvalue weighted by atomic mass is 10.1. The number of nitrogens with one attached hydrogen (secondary N) is 3. The van der Waals surface area contributed by atoms with Gasteiger partial charge in [0.2, 0.25) is 5.91 Å². The Morgan fingerprint density at radius 2 is 1.78 bits per heavy atom. The first kappa shape index (κ1) is 20.4. The molecule has 3 N–H and O–H groups in total. The summed E-state index contributed by atoms with van der Waals surface area (Å²) in [5, 5.41) is 9.28. The van der Waals surface area contributed by atoms with Crippen LogP contribution in [0.4, 0.5) is 10.1 Å². The third kappa shape index (κ3) is 7.09. The number of halogens is 1. The molecule has 0 aliphatic carbocycles. The SMILES string of the molecule is CCNC(=NCc1ccc(F)c(C)c1)NCCc1ccc(NC(C)=O)cc1. The Labute approximate surface area is 160 Å². The fraction of sp³-hybridized carbons (Fsp3) is 0.333. The van der Waals surface area contributed by atoms with Crippen LogP contribution in [0.3, 0.4) is 0 Å². The van der Waals surface area contributed by atoms with Crippen LogP contribution < -0.4 is 16.0 Å². The van der Waals surface area contributed by atoms with Gasteiger partial charge in [0, 0.05) is 25.7 Å². The number of rotatable bonds is 7. The largest absolute Gasteiger partial charge is 0.357 e. The minimum atomic E-state index is -0.197. The number of aliphatic imine (C=N–C) groups is 1. The molecule has 1 amide bonds. The zero-order chi connectivity index (χ0) is 19.6. The van der Waals surface area contributed by atoms with Crippen molar-refractivity contribution in [1.82, 2.24) is 10.6 Å². The number of aryl methyl sites for hydroxylation is 1. The highest BCUT2D eigenvalue weighted by atomic mass is 19.1. The molecule has 2 rings (SSSR count). The van der Waals surface area contributed by atoms with Crippen molar-refractivity contribution in [2.75, 3.05) is 18.4 Å². The van der Waals surface area contributed by atoms with Gasteiger partial charge >= 0.3 is 0 Å². The first-order valence-electron chi connectivity index (χ1n) is 9.11. The highest BCUT2D eigenvalue weighted by Crippen LogP contribution is 2.11. The molecule has 0 fully saturated rings. The zero-order valence-electron chi connectivity index (χ0n) is 16.1. The average Bonchev–Trinajstić information content (AvgIpc) is 2.63. The number of anilines is 1. The van der Waals surface area contributed by atoms with Crippen LogP contribution in [0.25, 0.3) is 0 Å². The third-order valence-corrected chi connectivity index (χ3v) is 3.97. The van der Waals surface area contributed by atoms with Crippen LogP contribution in [0, 0.1) is 12.7 Å². The summed E-state index contributed by atoms with van der Waals surface area (Å²) in [6.45, 7) is 7.24. The Balaban J connectivity index is 1.87. The predicted octanol–water partition coefficient (Wildman–Crippen LogP) is 3.39. The van der Waals surface area contributed by atoms with Gasteiger partial charge in [0.25, 0.3) is 0 Å². The Bertz CT molecular complexity index is 787. The lowest BCUT2D eigenvalue weighted by Crippen LogP contribution is -2.38. The Morgan fingerprint density at radius 3 is 2.41 bits per heavy atom. The van der Waals surface area contributed by atoms with Gasteiger partial charge in [-0.2, -0.15) is 0 Å². The third-order valence-electron chi connectivity index (χ3n) is 3.97. The molecule has 0 heterocycles. The maximum absolute atomic E-state index is 13.4. The average molecular weight is 370 g/mol. The molecule has 0 saturated carbocycles. The normalized spacial score (nSPS) is 11.2. The van der Waals surface area contributed by atoms with Crippen LogP contribution in [0.5, 0.6) is 0 Å². The number of amides is 1. The molecule has 0 spiro atoms. The highest BCUT2D eigenvalue weighted by molar-refractivity contribution is 5.88. The molecule has 0 aromatic heterocycles. The van der Waals surface area contributed by atoms with Gasteiger partial charge in [0.05, 0.1) is 6.54 Å². The second-order valence-corrected chi connectivity index (χ2v) is 6.33. The van der Waals surface area contributed by atoms with E-state index < -0.39 is 0 Å². The van der Waals surface area contributed by atoms with E-state index in [0.29, 0.717) is 12.1 Å². The summed E-state index contributed by atoms with van der Waals surface area (Å²) in [6, 6.07) is 12.8. The summed E-state index contributed by atoms with van der Waals surface area (Å²) in [6.07, 6.45) is 0.834. The van der Waals surface area contributed by atoms with Crippen LogP contribution in [0.15, 0.2) is 47.5 Å². The van der Waals surface area contributed by atoms with Gasteiger partial charge in [-0.05, 0) is 55.2 Å². The van der Waals surface area contributed by atoms with Crippen LogP contribution in [-0.4, -0.2) is 25.0 Å². The molecule has 27 heavy (non-hydrogen) atoms. The smallest absolute Gasteiger partial charge is 0.221 e. The van der Waals surface area contributed by atoms with E-state index in [1.54, 1.807) is 13.0 Å². The van der Waals surface area contributed by atoms with Crippen molar-refractivity contribution in [2.24, 2.45) is 4.99 Å². The number of carbonyl (C=O) groups is 1. The first-order valence-corrected chi connectivity index (χ1v) is 9.11. The summed E-state index contributed by atoms with van der Waals surface area (Å²) >= 11 is 0. The molecule has 0 radical (unpaired) electrons. The summed E-state index contributed by atoms with van der Waals surface area (Å²) in [5.74, 6) is 0.457. The van der Waals surface area contributed by atoms with Gasteiger partial charge in [0.1, 0.15) is 5.82 Å². The van der Waals surface area contributed by atoms with Crippen LogP contribution >= 0.6 is 0 Å². The van der Waals surface area contributed by atoms with Gasteiger partial charge in [-0.1, -0.05) is 24.3 Å². The second kappa shape index (κ2) is 10.3. The number of nitrogens with zero attached hydrogens (tertiary/aromatic N) is 1. The molecule has 0 aliphatic rings. The second-order valence-electron chi connectivity index (χ2n) is 6.33. The highest BCUT2D eigenvalue weighted by Gasteiger charge is 2.02.